The van der Waals surface area contributed by atoms with Crippen LogP contribution in [0.15, 0.2) is 109 Å². The Morgan fingerprint density at radius 2 is 0.491 bits per heavy atom. The van der Waals surface area contributed by atoms with Crippen LogP contribution in [0.4, 0.5) is 0 Å². The number of esters is 4. The summed E-state index contributed by atoms with van der Waals surface area (Å²) in [4.78, 5) is 49.3. The van der Waals surface area contributed by atoms with Crippen LogP contribution >= 0.6 is 0 Å². The fourth-order valence-corrected chi connectivity index (χ4v) is 12.1. The Balaban J connectivity index is 0.859. The van der Waals surface area contributed by atoms with Gasteiger partial charge in [-0.2, -0.15) is 0 Å². The lowest BCUT2D eigenvalue weighted by molar-refractivity contribution is -0.139. The fraction of sp³-hybridized carbons (Fsp3) is 0.674. The van der Waals surface area contributed by atoms with E-state index in [2.05, 4.69) is 13.2 Å². The van der Waals surface area contributed by atoms with Crippen LogP contribution in [0.1, 0.15) is 291 Å². The molecular formula is C92H144O18. The van der Waals surface area contributed by atoms with Crippen LogP contribution in [0.5, 0.6) is 23.0 Å². The maximum Gasteiger partial charge on any atom is 0.343 e. The van der Waals surface area contributed by atoms with Crippen molar-refractivity contribution in [2.75, 3.05) is 132 Å². The summed E-state index contributed by atoms with van der Waals surface area (Å²) in [6, 6.07) is 24.7. The predicted octanol–water partition coefficient (Wildman–Crippen LogP) is 22.0. The molecule has 0 aliphatic heterocycles. The lowest BCUT2D eigenvalue weighted by Crippen LogP contribution is -2.09. The lowest BCUT2D eigenvalue weighted by atomic mass is 10.1. The van der Waals surface area contributed by atoms with E-state index >= 15 is 0 Å². The minimum absolute atomic E-state index is 0.300. The van der Waals surface area contributed by atoms with Crippen LogP contribution in [-0.2, 0) is 57.0 Å². The third-order valence-corrected chi connectivity index (χ3v) is 18.8. The van der Waals surface area contributed by atoms with Crippen molar-refractivity contribution < 1.29 is 85.5 Å². The van der Waals surface area contributed by atoms with E-state index in [-0.39, 0.29) is 11.9 Å². The van der Waals surface area contributed by atoms with Crippen LogP contribution in [0, 0.1) is 0 Å². The second-order valence-corrected chi connectivity index (χ2v) is 29.0. The van der Waals surface area contributed by atoms with E-state index < -0.39 is 11.9 Å². The summed E-state index contributed by atoms with van der Waals surface area (Å²) >= 11 is 0. The van der Waals surface area contributed by atoms with E-state index in [1.165, 1.54) is 77.0 Å². The van der Waals surface area contributed by atoms with Gasteiger partial charge in [-0.25, -0.2) is 19.2 Å². The molecule has 4 aromatic carbocycles. The van der Waals surface area contributed by atoms with Gasteiger partial charge >= 0.3 is 23.9 Å². The molecule has 0 radical (unpaired) electrons. The van der Waals surface area contributed by atoms with Crippen molar-refractivity contribution in [2.24, 2.45) is 0 Å². The Morgan fingerprint density at radius 1 is 0.255 bits per heavy atom. The van der Waals surface area contributed by atoms with Gasteiger partial charge < -0.3 is 66.3 Å². The second kappa shape index (κ2) is 69.5. The number of rotatable bonds is 78. The first-order valence-electron chi connectivity index (χ1n) is 42.8. The van der Waals surface area contributed by atoms with Gasteiger partial charge in [0.25, 0.3) is 0 Å². The standard InChI is InChI=1S/C92H144O18/c1-79(2)89(93)107-76-43-23-19-39-72-103-68-35-15-11-31-64-99-60-27-7-5-25-58-97-62-29-9-13-33-66-101-70-37-17-21-41-74-105-84-53-49-82(50-54-84)91(95)109-86-57-48-81-46-45-47-88(87(81)78-86)110-92(96)83-51-55-85(56-52-83)106-75-42-22-18-38-71-102-67-34-14-10-30-63-98-59-26-6-8-28-61-100-65-32-12-16-36-69-104-73-40-20-24-44-77-108-90(94)80(3)4/h45-57,78H,1,3,5-44,58-77H2,2,4H3. The molecule has 0 saturated heterocycles. The van der Waals surface area contributed by atoms with E-state index in [1.54, 1.807) is 80.6 Å². The molecule has 0 N–H and O–H groups in total. The summed E-state index contributed by atoms with van der Waals surface area (Å²) in [7, 11) is 0. The van der Waals surface area contributed by atoms with Crippen molar-refractivity contribution in [2.45, 2.75) is 271 Å². The van der Waals surface area contributed by atoms with Crippen LogP contribution < -0.4 is 18.9 Å². The van der Waals surface area contributed by atoms with Crippen LogP contribution in [0.3, 0.4) is 0 Å². The molecule has 620 valence electrons. The number of ether oxygens (including phenoxy) is 14. The van der Waals surface area contributed by atoms with Crippen LogP contribution in [-0.4, -0.2) is 156 Å². The first kappa shape index (κ1) is 96.2. The summed E-state index contributed by atoms with van der Waals surface area (Å²) in [6.07, 6.45) is 44.0. The zero-order valence-electron chi connectivity index (χ0n) is 68.3. The molecule has 4 rings (SSSR count). The van der Waals surface area contributed by atoms with Gasteiger partial charge in [-0.1, -0.05) is 134 Å². The molecule has 0 amide bonds. The van der Waals surface area contributed by atoms with Gasteiger partial charge in [-0.05, 0) is 240 Å². The van der Waals surface area contributed by atoms with Gasteiger partial charge in [0.15, 0.2) is 0 Å². The Bertz CT molecular complexity index is 2910. The number of fused-ring (bicyclic) bond motifs is 1. The minimum atomic E-state index is -0.502. The van der Waals surface area contributed by atoms with E-state index in [4.69, 9.17) is 66.3 Å². The zero-order valence-corrected chi connectivity index (χ0v) is 68.3. The highest BCUT2D eigenvalue weighted by Crippen LogP contribution is 2.31. The summed E-state index contributed by atoms with van der Waals surface area (Å²) in [6.45, 7) is 26.0. The Kier molecular flexibility index (Phi) is 60.7. The van der Waals surface area contributed by atoms with Gasteiger partial charge in [0.1, 0.15) is 23.0 Å². The Labute approximate surface area is 663 Å². The molecule has 0 atom stereocenters. The smallest absolute Gasteiger partial charge is 0.343 e. The normalized spacial score (nSPS) is 11.3. The molecule has 4 aromatic rings. The van der Waals surface area contributed by atoms with Gasteiger partial charge in [-0.15, -0.1) is 0 Å². The van der Waals surface area contributed by atoms with Crippen molar-refractivity contribution >= 4 is 34.6 Å². The zero-order chi connectivity index (χ0) is 78.3. The van der Waals surface area contributed by atoms with E-state index in [0.717, 1.165) is 291 Å². The van der Waals surface area contributed by atoms with E-state index in [9.17, 15) is 19.2 Å². The van der Waals surface area contributed by atoms with Crippen molar-refractivity contribution in [3.05, 3.63) is 120 Å². The van der Waals surface area contributed by atoms with Crippen molar-refractivity contribution in [1.29, 1.82) is 0 Å². The SMILES string of the molecule is C=C(C)C(=O)OCCCCCCOCCCCCCOCCCCCCOCCCCCCOCCCCCCOc1ccc(C(=O)Oc2ccc3cccc(OC(=O)c4ccc(OCCCCCCOCCCCCCOCCCCCCOCCCCCCOCCCCCCOC(=O)C(=C)C)cc4)c3c2)cc1. The molecule has 18 nitrogen and oxygen atoms in total. The highest BCUT2D eigenvalue weighted by atomic mass is 16.6. The Morgan fingerprint density at radius 3 is 0.755 bits per heavy atom. The maximum absolute atomic E-state index is 13.4. The largest absolute Gasteiger partial charge is 0.494 e. The van der Waals surface area contributed by atoms with Gasteiger partial charge in [-0.3, -0.25) is 0 Å². The lowest BCUT2D eigenvalue weighted by Gasteiger charge is -2.11. The first-order valence-corrected chi connectivity index (χ1v) is 42.8. The predicted molar refractivity (Wildman–Crippen MR) is 441 cm³/mol. The molecule has 18 heteroatoms. The van der Waals surface area contributed by atoms with E-state index in [1.807, 2.05) is 18.2 Å². The van der Waals surface area contributed by atoms with Gasteiger partial charge in [0.05, 0.1) is 37.6 Å². The topological polar surface area (TPSA) is 197 Å². The highest BCUT2D eigenvalue weighted by Gasteiger charge is 2.16. The fourth-order valence-electron chi connectivity index (χ4n) is 12.1. The number of unbranched alkanes of at least 4 members (excludes halogenated alkanes) is 30. The first-order chi connectivity index (χ1) is 54.1. The van der Waals surface area contributed by atoms with Crippen molar-refractivity contribution in [1.82, 2.24) is 0 Å². The third-order valence-electron chi connectivity index (χ3n) is 18.8. The van der Waals surface area contributed by atoms with Gasteiger partial charge in [0, 0.05) is 122 Å². The Hall–Kier alpha value is -6.22. The van der Waals surface area contributed by atoms with Gasteiger partial charge in [0.2, 0.25) is 0 Å². The average Bonchev–Trinajstić information content (AvgIpc) is 0.806. The molecule has 0 unspecified atom stereocenters. The summed E-state index contributed by atoms with van der Waals surface area (Å²) in [5.41, 5.74) is 1.70. The molecule has 0 fully saturated rings. The molecule has 0 aliphatic carbocycles. The quantitative estimate of drug-likeness (QED) is 0.0175. The minimum Gasteiger partial charge on any atom is -0.494 e. The van der Waals surface area contributed by atoms with E-state index in [0.29, 0.717) is 77.1 Å². The van der Waals surface area contributed by atoms with Crippen LogP contribution in [0.2, 0.25) is 0 Å². The molecule has 0 aromatic heterocycles. The molecular weight excluding hydrogens is 1390 g/mol. The number of hydrogen-bond acceptors (Lipinski definition) is 18. The monoisotopic (exact) mass is 1540 g/mol. The number of carbonyl (C=O) groups is 4. The molecule has 0 aliphatic rings. The van der Waals surface area contributed by atoms with Crippen molar-refractivity contribution in [3.8, 4) is 23.0 Å². The molecule has 0 spiro atoms. The highest BCUT2D eigenvalue weighted by molar-refractivity contribution is 5.97. The van der Waals surface area contributed by atoms with Crippen LogP contribution in [0.25, 0.3) is 10.8 Å². The number of benzene rings is 4. The average molecular weight is 1540 g/mol. The molecule has 110 heavy (non-hydrogen) atoms. The molecule has 0 bridgehead atoms. The summed E-state index contributed by atoms with van der Waals surface area (Å²) in [5, 5.41) is 1.48. The summed E-state index contributed by atoms with van der Waals surface area (Å²) < 4.78 is 80.6. The molecule has 0 saturated carbocycles. The number of carbonyl (C=O) groups excluding carboxylic acids is 4. The maximum atomic E-state index is 13.4. The second-order valence-electron chi connectivity index (χ2n) is 29.0. The summed E-state index contributed by atoms with van der Waals surface area (Å²) in [5.74, 6) is 0.490. The molecule has 0 heterocycles. The number of hydrogen-bond donors (Lipinski definition) is 0. The third kappa shape index (κ3) is 53.7. The van der Waals surface area contributed by atoms with Crippen molar-refractivity contribution in [3.63, 3.8) is 0 Å².